The fraction of sp³-hybridized carbons (Fsp3) is 0.467. The van der Waals surface area contributed by atoms with Gasteiger partial charge in [-0.05, 0) is 30.2 Å². The molecule has 1 aliphatic rings. The van der Waals surface area contributed by atoms with E-state index in [2.05, 4.69) is 6.07 Å². The zero-order valence-corrected chi connectivity index (χ0v) is 12.4. The summed E-state index contributed by atoms with van der Waals surface area (Å²) in [5, 5.41) is 8.58. The number of carboxylic acids is 1. The molecule has 1 N–H and O–H groups in total. The number of amides is 1. The molecule has 0 saturated heterocycles. The summed E-state index contributed by atoms with van der Waals surface area (Å²) in [4.78, 5) is 24.9. The Morgan fingerprint density at radius 1 is 1.40 bits per heavy atom. The Morgan fingerprint density at radius 2 is 2.15 bits per heavy atom. The Labute approximate surface area is 123 Å². The second kappa shape index (κ2) is 6.79. The summed E-state index contributed by atoms with van der Waals surface area (Å²) < 4.78 is 0. The smallest absolute Gasteiger partial charge is 0.305 e. The van der Waals surface area contributed by atoms with Crippen LogP contribution in [0.3, 0.4) is 0 Å². The Hall–Kier alpha value is -1.49. The van der Waals surface area contributed by atoms with Crippen molar-refractivity contribution in [2.24, 2.45) is 0 Å². The molecule has 1 aliphatic heterocycles. The molecular weight excluding hydrogens is 274 g/mol. The summed E-state index contributed by atoms with van der Waals surface area (Å²) in [6.45, 7) is 2.72. The Bertz CT molecular complexity index is 504. The summed E-state index contributed by atoms with van der Waals surface area (Å²) in [7, 11) is 0. The number of hydrogen-bond acceptors (Lipinski definition) is 3. The molecule has 1 aromatic carbocycles. The SMILES string of the molecule is CCN(CCC(=O)O)C(=O)C1SCCc2ccccc21. The van der Waals surface area contributed by atoms with E-state index in [1.807, 2.05) is 25.1 Å². The standard InChI is InChI=1S/C15H19NO3S/c1-2-16(9-7-13(17)18)15(19)14-12-6-4-3-5-11(12)8-10-20-14/h3-6,14H,2,7-10H2,1H3,(H,17,18). The van der Waals surface area contributed by atoms with Crippen molar-refractivity contribution < 1.29 is 14.7 Å². The zero-order chi connectivity index (χ0) is 14.5. The molecule has 1 heterocycles. The van der Waals surface area contributed by atoms with Gasteiger partial charge in [0.2, 0.25) is 5.91 Å². The number of carboxylic acid groups (broad SMARTS) is 1. The van der Waals surface area contributed by atoms with Gasteiger partial charge in [0.15, 0.2) is 0 Å². The molecule has 108 valence electrons. The number of benzene rings is 1. The highest BCUT2D eigenvalue weighted by Gasteiger charge is 2.29. The first-order valence-corrected chi connectivity index (χ1v) is 7.88. The maximum atomic E-state index is 12.6. The summed E-state index contributed by atoms with van der Waals surface area (Å²) >= 11 is 1.65. The molecule has 0 aliphatic carbocycles. The molecule has 0 spiro atoms. The summed E-state index contributed by atoms with van der Waals surface area (Å²) in [5.74, 6) is 0.100. The number of aliphatic carboxylic acids is 1. The highest BCUT2D eigenvalue weighted by molar-refractivity contribution is 8.00. The highest BCUT2D eigenvalue weighted by atomic mass is 32.2. The van der Waals surface area contributed by atoms with Gasteiger partial charge in [0, 0.05) is 13.1 Å². The first kappa shape index (κ1) is 14.9. The molecule has 0 aromatic heterocycles. The second-order valence-corrected chi connectivity index (χ2v) is 5.97. The molecular formula is C15H19NO3S. The first-order valence-electron chi connectivity index (χ1n) is 6.83. The molecule has 0 fully saturated rings. The number of hydrogen-bond donors (Lipinski definition) is 1. The third-order valence-corrected chi connectivity index (χ3v) is 4.74. The zero-order valence-electron chi connectivity index (χ0n) is 11.5. The molecule has 0 saturated carbocycles. The fourth-order valence-electron chi connectivity index (χ4n) is 2.42. The van der Waals surface area contributed by atoms with E-state index in [9.17, 15) is 9.59 Å². The third-order valence-electron chi connectivity index (χ3n) is 3.51. The minimum Gasteiger partial charge on any atom is -0.481 e. The number of likely N-dealkylation sites (N-methyl/N-ethyl adjacent to an activating group) is 1. The van der Waals surface area contributed by atoms with Crippen LogP contribution >= 0.6 is 11.8 Å². The van der Waals surface area contributed by atoms with E-state index >= 15 is 0 Å². The average molecular weight is 293 g/mol. The summed E-state index contributed by atoms with van der Waals surface area (Å²) in [6, 6.07) is 8.04. The van der Waals surface area contributed by atoms with Crippen molar-refractivity contribution >= 4 is 23.6 Å². The Morgan fingerprint density at radius 3 is 2.85 bits per heavy atom. The van der Waals surface area contributed by atoms with Gasteiger partial charge in [-0.25, -0.2) is 0 Å². The molecule has 20 heavy (non-hydrogen) atoms. The summed E-state index contributed by atoms with van der Waals surface area (Å²) in [6.07, 6.45) is 0.991. The maximum Gasteiger partial charge on any atom is 0.305 e. The van der Waals surface area contributed by atoms with Gasteiger partial charge in [0.1, 0.15) is 5.25 Å². The van der Waals surface area contributed by atoms with Crippen LogP contribution in [0.5, 0.6) is 0 Å². The molecule has 5 heteroatoms. The van der Waals surface area contributed by atoms with Crippen molar-refractivity contribution in [2.45, 2.75) is 25.0 Å². The van der Waals surface area contributed by atoms with E-state index < -0.39 is 5.97 Å². The quantitative estimate of drug-likeness (QED) is 0.905. The molecule has 1 unspecified atom stereocenters. The van der Waals surface area contributed by atoms with Crippen LogP contribution < -0.4 is 0 Å². The highest BCUT2D eigenvalue weighted by Crippen LogP contribution is 2.37. The van der Waals surface area contributed by atoms with Gasteiger partial charge in [-0.1, -0.05) is 24.3 Å². The van der Waals surface area contributed by atoms with Crippen molar-refractivity contribution in [1.82, 2.24) is 4.90 Å². The molecule has 2 rings (SSSR count). The molecule has 0 radical (unpaired) electrons. The van der Waals surface area contributed by atoms with Crippen LogP contribution in [-0.4, -0.2) is 40.7 Å². The summed E-state index contributed by atoms with van der Waals surface area (Å²) in [5.41, 5.74) is 2.32. The molecule has 1 amide bonds. The lowest BCUT2D eigenvalue weighted by Crippen LogP contribution is -2.36. The minimum absolute atomic E-state index is 0.00138. The number of carbonyl (C=O) groups excluding carboxylic acids is 1. The average Bonchev–Trinajstić information content (AvgIpc) is 2.46. The molecule has 0 bridgehead atoms. The van der Waals surface area contributed by atoms with Crippen molar-refractivity contribution in [2.75, 3.05) is 18.8 Å². The van der Waals surface area contributed by atoms with Crippen LogP contribution in [0.2, 0.25) is 0 Å². The van der Waals surface area contributed by atoms with Gasteiger partial charge < -0.3 is 10.0 Å². The van der Waals surface area contributed by atoms with Crippen LogP contribution in [0.15, 0.2) is 24.3 Å². The number of fused-ring (bicyclic) bond motifs is 1. The fourth-order valence-corrected chi connectivity index (χ4v) is 3.69. The first-order chi connectivity index (χ1) is 9.63. The Kier molecular flexibility index (Phi) is 5.06. The number of carbonyl (C=O) groups is 2. The topological polar surface area (TPSA) is 57.6 Å². The van der Waals surface area contributed by atoms with E-state index in [1.165, 1.54) is 5.56 Å². The van der Waals surface area contributed by atoms with E-state index in [4.69, 9.17) is 5.11 Å². The van der Waals surface area contributed by atoms with Crippen LogP contribution in [-0.2, 0) is 16.0 Å². The largest absolute Gasteiger partial charge is 0.481 e. The van der Waals surface area contributed by atoms with Crippen LogP contribution in [0.25, 0.3) is 0 Å². The third kappa shape index (κ3) is 3.33. The van der Waals surface area contributed by atoms with Crippen LogP contribution in [0, 0.1) is 0 Å². The van der Waals surface area contributed by atoms with E-state index in [0.29, 0.717) is 6.54 Å². The van der Waals surface area contributed by atoms with Crippen LogP contribution in [0.4, 0.5) is 0 Å². The van der Waals surface area contributed by atoms with Gasteiger partial charge in [-0.3, -0.25) is 9.59 Å². The monoisotopic (exact) mass is 293 g/mol. The van der Waals surface area contributed by atoms with Crippen molar-refractivity contribution in [3.05, 3.63) is 35.4 Å². The van der Waals surface area contributed by atoms with Gasteiger partial charge in [0.25, 0.3) is 0 Å². The van der Waals surface area contributed by atoms with Gasteiger partial charge in [-0.15, -0.1) is 11.8 Å². The van der Waals surface area contributed by atoms with Crippen molar-refractivity contribution in [1.29, 1.82) is 0 Å². The van der Waals surface area contributed by atoms with Crippen molar-refractivity contribution in [3.8, 4) is 0 Å². The number of rotatable bonds is 5. The minimum atomic E-state index is -0.868. The normalized spacial score (nSPS) is 17.4. The molecule has 4 nitrogen and oxygen atoms in total. The second-order valence-electron chi connectivity index (χ2n) is 4.76. The Balaban J connectivity index is 2.14. The number of nitrogens with zero attached hydrogens (tertiary/aromatic N) is 1. The van der Waals surface area contributed by atoms with E-state index in [0.717, 1.165) is 17.7 Å². The van der Waals surface area contributed by atoms with Gasteiger partial charge >= 0.3 is 5.97 Å². The number of thioether (sulfide) groups is 1. The lowest BCUT2D eigenvalue weighted by molar-refractivity contribution is -0.138. The van der Waals surface area contributed by atoms with Gasteiger partial charge in [0.05, 0.1) is 6.42 Å². The predicted octanol–water partition coefficient (Wildman–Crippen LogP) is 2.34. The van der Waals surface area contributed by atoms with Crippen molar-refractivity contribution in [3.63, 3.8) is 0 Å². The van der Waals surface area contributed by atoms with Crippen LogP contribution in [0.1, 0.15) is 29.7 Å². The molecule has 1 atom stereocenters. The van der Waals surface area contributed by atoms with E-state index in [-0.39, 0.29) is 24.1 Å². The molecule has 1 aromatic rings. The van der Waals surface area contributed by atoms with E-state index in [1.54, 1.807) is 16.7 Å². The lowest BCUT2D eigenvalue weighted by Gasteiger charge is -2.29. The predicted molar refractivity (Wildman–Crippen MR) is 79.9 cm³/mol. The maximum absolute atomic E-state index is 12.6. The lowest BCUT2D eigenvalue weighted by atomic mass is 10.0. The number of aryl methyl sites for hydroxylation is 1. The van der Waals surface area contributed by atoms with Gasteiger partial charge in [-0.2, -0.15) is 0 Å².